The zero-order valence-corrected chi connectivity index (χ0v) is 15.0. The van der Waals surface area contributed by atoms with Gasteiger partial charge in [-0.05, 0) is 37.1 Å². The summed E-state index contributed by atoms with van der Waals surface area (Å²) in [5.41, 5.74) is 3.60. The van der Waals surface area contributed by atoms with E-state index in [4.69, 9.17) is 4.74 Å². The number of rotatable bonds is 5. The highest BCUT2D eigenvalue weighted by atomic mass is 32.2. The Hall–Kier alpha value is -2.80. The molecule has 2 N–H and O–H groups in total. The average Bonchev–Trinajstić information content (AvgIpc) is 3.02. The summed E-state index contributed by atoms with van der Waals surface area (Å²) in [5.74, 6) is 0.509. The van der Waals surface area contributed by atoms with Crippen LogP contribution in [-0.4, -0.2) is 25.7 Å². The van der Waals surface area contributed by atoms with Gasteiger partial charge in [-0.15, -0.1) is 0 Å². The van der Waals surface area contributed by atoms with Crippen molar-refractivity contribution in [2.45, 2.75) is 18.7 Å². The van der Waals surface area contributed by atoms with Crippen molar-refractivity contribution in [3.05, 3.63) is 59.7 Å². The van der Waals surface area contributed by atoms with E-state index < -0.39 is 10.0 Å². The number of H-pyrrole nitrogens is 1. The number of anilines is 1. The lowest BCUT2D eigenvalue weighted by Crippen LogP contribution is -2.14. The number of hydrogen-bond acceptors (Lipinski definition) is 4. The number of methoxy groups -OCH3 is 1. The molecule has 0 atom stereocenters. The van der Waals surface area contributed by atoms with Crippen molar-refractivity contribution in [2.75, 3.05) is 11.8 Å². The van der Waals surface area contributed by atoms with Crippen LogP contribution in [0, 0.1) is 13.8 Å². The summed E-state index contributed by atoms with van der Waals surface area (Å²) in [7, 11) is -2.38. The lowest BCUT2D eigenvalue weighted by Gasteiger charge is -2.10. The molecule has 0 saturated heterocycles. The van der Waals surface area contributed by atoms with Gasteiger partial charge in [0, 0.05) is 11.6 Å². The highest BCUT2D eigenvalue weighted by Crippen LogP contribution is 2.28. The summed E-state index contributed by atoms with van der Waals surface area (Å²) >= 11 is 0. The quantitative estimate of drug-likeness (QED) is 0.732. The van der Waals surface area contributed by atoms with Gasteiger partial charge >= 0.3 is 0 Å². The van der Waals surface area contributed by atoms with Gasteiger partial charge in [0.2, 0.25) is 0 Å². The fourth-order valence-corrected chi connectivity index (χ4v) is 3.82. The number of aryl methyl sites for hydroxylation is 2. The molecular weight excluding hydrogens is 338 g/mol. The third kappa shape index (κ3) is 3.51. The predicted molar refractivity (Wildman–Crippen MR) is 97.3 cm³/mol. The molecule has 0 aliphatic rings. The van der Waals surface area contributed by atoms with Gasteiger partial charge < -0.3 is 4.74 Å². The number of benzene rings is 2. The fourth-order valence-electron chi connectivity index (χ4n) is 2.57. The van der Waals surface area contributed by atoms with E-state index in [2.05, 4.69) is 14.9 Å². The number of nitrogens with zero attached hydrogens (tertiary/aromatic N) is 1. The Bertz CT molecular complexity index is 1010. The van der Waals surface area contributed by atoms with E-state index in [1.165, 1.54) is 7.11 Å². The molecule has 1 heterocycles. The number of aromatic nitrogens is 2. The third-order valence-corrected chi connectivity index (χ3v) is 5.24. The summed E-state index contributed by atoms with van der Waals surface area (Å²) in [6, 6.07) is 14.5. The van der Waals surface area contributed by atoms with E-state index >= 15 is 0 Å². The summed E-state index contributed by atoms with van der Waals surface area (Å²) < 4.78 is 33.1. The van der Waals surface area contributed by atoms with E-state index in [0.717, 1.165) is 22.4 Å². The second-order valence-corrected chi connectivity index (χ2v) is 7.39. The van der Waals surface area contributed by atoms with Gasteiger partial charge in [-0.3, -0.25) is 9.82 Å². The van der Waals surface area contributed by atoms with Crippen LogP contribution in [-0.2, 0) is 10.0 Å². The minimum Gasteiger partial charge on any atom is -0.495 e. The van der Waals surface area contributed by atoms with E-state index in [9.17, 15) is 8.42 Å². The molecule has 0 amide bonds. The Morgan fingerprint density at radius 1 is 1.08 bits per heavy atom. The van der Waals surface area contributed by atoms with E-state index in [1.807, 2.05) is 38.1 Å². The normalized spacial score (nSPS) is 11.3. The van der Waals surface area contributed by atoms with E-state index in [1.54, 1.807) is 24.3 Å². The smallest absolute Gasteiger partial charge is 0.266 e. The van der Waals surface area contributed by atoms with Crippen LogP contribution in [0.15, 0.2) is 53.4 Å². The first-order valence-corrected chi connectivity index (χ1v) is 9.18. The van der Waals surface area contributed by atoms with Crippen molar-refractivity contribution in [2.24, 2.45) is 0 Å². The van der Waals surface area contributed by atoms with Gasteiger partial charge in [-0.1, -0.05) is 30.3 Å². The summed E-state index contributed by atoms with van der Waals surface area (Å²) in [4.78, 5) is 0.0791. The van der Waals surface area contributed by atoms with Crippen LogP contribution in [0.2, 0.25) is 0 Å². The molecule has 1 aromatic heterocycles. The van der Waals surface area contributed by atoms with Crippen LogP contribution in [0.4, 0.5) is 5.82 Å². The number of hydrogen-bond donors (Lipinski definition) is 2. The van der Waals surface area contributed by atoms with Crippen molar-refractivity contribution < 1.29 is 13.2 Å². The molecule has 0 spiro atoms. The zero-order chi connectivity index (χ0) is 18.0. The molecule has 130 valence electrons. The summed E-state index contributed by atoms with van der Waals surface area (Å²) in [5, 5.41) is 6.93. The van der Waals surface area contributed by atoms with E-state index in [-0.39, 0.29) is 16.5 Å². The maximum absolute atomic E-state index is 12.7. The Balaban J connectivity index is 1.93. The SMILES string of the molecule is COc1ccc(C)cc1S(=O)(=O)Nc1cc(-c2ccccc2C)[nH]n1. The van der Waals surface area contributed by atoms with Gasteiger partial charge in [0.05, 0.1) is 12.8 Å². The maximum Gasteiger partial charge on any atom is 0.266 e. The minimum absolute atomic E-state index is 0.0791. The first-order chi connectivity index (χ1) is 11.9. The molecule has 7 heteroatoms. The second kappa shape index (κ2) is 6.60. The molecule has 25 heavy (non-hydrogen) atoms. The first kappa shape index (κ1) is 17.0. The number of nitrogens with one attached hydrogen (secondary N) is 2. The van der Waals surface area contributed by atoms with Gasteiger partial charge in [-0.25, -0.2) is 8.42 Å². The number of ether oxygens (including phenoxy) is 1. The zero-order valence-electron chi connectivity index (χ0n) is 14.2. The van der Waals surface area contributed by atoms with Gasteiger partial charge in [0.25, 0.3) is 10.0 Å². The Kier molecular flexibility index (Phi) is 4.50. The van der Waals surface area contributed by atoms with Crippen molar-refractivity contribution in [1.29, 1.82) is 0 Å². The van der Waals surface area contributed by atoms with Crippen molar-refractivity contribution >= 4 is 15.8 Å². The lowest BCUT2D eigenvalue weighted by atomic mass is 10.1. The standard InChI is InChI=1S/C18H19N3O3S/c1-12-8-9-16(24-3)17(10-12)25(22,23)21-18-11-15(19-20-18)14-7-5-4-6-13(14)2/h4-11H,1-3H3,(H2,19,20,21). The molecule has 3 rings (SSSR count). The topological polar surface area (TPSA) is 84.1 Å². The molecule has 0 bridgehead atoms. The van der Waals surface area contributed by atoms with Crippen LogP contribution < -0.4 is 9.46 Å². The van der Waals surface area contributed by atoms with Crippen LogP contribution in [0.5, 0.6) is 5.75 Å². The maximum atomic E-state index is 12.7. The molecule has 0 radical (unpaired) electrons. The highest BCUT2D eigenvalue weighted by Gasteiger charge is 2.21. The molecular formula is C18H19N3O3S. The monoisotopic (exact) mass is 357 g/mol. The molecule has 3 aromatic rings. The number of sulfonamides is 1. The van der Waals surface area contributed by atoms with Crippen LogP contribution >= 0.6 is 0 Å². The minimum atomic E-state index is -3.82. The van der Waals surface area contributed by atoms with Crippen molar-refractivity contribution in [1.82, 2.24) is 10.2 Å². The van der Waals surface area contributed by atoms with Gasteiger partial charge in [-0.2, -0.15) is 5.10 Å². The second-order valence-electron chi connectivity index (χ2n) is 5.74. The first-order valence-electron chi connectivity index (χ1n) is 7.69. The van der Waals surface area contributed by atoms with Crippen molar-refractivity contribution in [3.8, 4) is 17.0 Å². The van der Waals surface area contributed by atoms with Crippen LogP contribution in [0.25, 0.3) is 11.3 Å². The number of aromatic amines is 1. The van der Waals surface area contributed by atoms with Gasteiger partial charge in [0.1, 0.15) is 10.6 Å². The molecule has 0 fully saturated rings. The van der Waals surface area contributed by atoms with Crippen LogP contribution in [0.3, 0.4) is 0 Å². The summed E-state index contributed by atoms with van der Waals surface area (Å²) in [6.07, 6.45) is 0. The molecule has 0 saturated carbocycles. The highest BCUT2D eigenvalue weighted by molar-refractivity contribution is 7.92. The fraction of sp³-hybridized carbons (Fsp3) is 0.167. The average molecular weight is 357 g/mol. The van der Waals surface area contributed by atoms with Crippen LogP contribution in [0.1, 0.15) is 11.1 Å². The Morgan fingerprint density at radius 2 is 1.84 bits per heavy atom. The van der Waals surface area contributed by atoms with Crippen molar-refractivity contribution in [3.63, 3.8) is 0 Å². The molecule has 2 aromatic carbocycles. The molecule has 6 nitrogen and oxygen atoms in total. The molecule has 0 aliphatic heterocycles. The predicted octanol–water partition coefficient (Wildman–Crippen LogP) is 3.50. The largest absolute Gasteiger partial charge is 0.495 e. The molecule has 0 unspecified atom stereocenters. The summed E-state index contributed by atoms with van der Waals surface area (Å²) in [6.45, 7) is 3.81. The Labute approximate surface area is 146 Å². The van der Waals surface area contributed by atoms with Gasteiger partial charge in [0.15, 0.2) is 5.82 Å². The Morgan fingerprint density at radius 3 is 2.56 bits per heavy atom. The molecule has 0 aliphatic carbocycles. The lowest BCUT2D eigenvalue weighted by molar-refractivity contribution is 0.402. The third-order valence-electron chi connectivity index (χ3n) is 3.86. The van der Waals surface area contributed by atoms with E-state index in [0.29, 0.717) is 0 Å².